The van der Waals surface area contributed by atoms with Crippen LogP contribution in [0.1, 0.15) is 17.3 Å². The van der Waals surface area contributed by atoms with Gasteiger partial charge in [0.2, 0.25) is 0 Å². The van der Waals surface area contributed by atoms with Crippen LogP contribution >= 0.6 is 11.6 Å². The van der Waals surface area contributed by atoms with E-state index in [1.807, 2.05) is 31.1 Å². The summed E-state index contributed by atoms with van der Waals surface area (Å²) >= 11 is 5.77. The lowest BCUT2D eigenvalue weighted by atomic mass is 10.2. The summed E-state index contributed by atoms with van der Waals surface area (Å²) in [6.07, 6.45) is -0.915. The molecule has 1 N–H and O–H groups in total. The number of hydrogen-bond donors (Lipinski definition) is 1. The molecule has 0 aliphatic heterocycles. The summed E-state index contributed by atoms with van der Waals surface area (Å²) in [6.45, 7) is 1.53. The first-order chi connectivity index (χ1) is 11.4. The van der Waals surface area contributed by atoms with Gasteiger partial charge in [-0.2, -0.15) is 0 Å². The maximum absolute atomic E-state index is 12.1. The highest BCUT2D eigenvalue weighted by atomic mass is 35.5. The second-order valence-electron chi connectivity index (χ2n) is 5.48. The number of benzene rings is 2. The second-order valence-corrected chi connectivity index (χ2v) is 5.92. The van der Waals surface area contributed by atoms with E-state index in [2.05, 4.69) is 5.32 Å². The van der Waals surface area contributed by atoms with Crippen LogP contribution in [-0.2, 0) is 9.53 Å². The van der Waals surface area contributed by atoms with E-state index in [0.717, 1.165) is 5.69 Å². The van der Waals surface area contributed by atoms with Crippen LogP contribution in [0.3, 0.4) is 0 Å². The lowest BCUT2D eigenvalue weighted by Crippen LogP contribution is -2.30. The monoisotopic (exact) mass is 346 g/mol. The van der Waals surface area contributed by atoms with E-state index in [-0.39, 0.29) is 0 Å². The Bertz CT molecular complexity index is 712. The zero-order valence-corrected chi connectivity index (χ0v) is 14.5. The van der Waals surface area contributed by atoms with Crippen molar-refractivity contribution < 1.29 is 14.3 Å². The third kappa shape index (κ3) is 4.73. The molecule has 2 aromatic carbocycles. The first-order valence-electron chi connectivity index (χ1n) is 7.41. The normalized spacial score (nSPS) is 11.5. The SMILES string of the molecule is CC(OC(=O)c1ccc(Cl)cc1)C(=O)Nc1ccc(N(C)C)cc1. The fourth-order valence-corrected chi connectivity index (χ4v) is 2.08. The number of hydrogen-bond acceptors (Lipinski definition) is 4. The Kier molecular flexibility index (Phi) is 5.82. The van der Waals surface area contributed by atoms with Gasteiger partial charge in [-0.1, -0.05) is 11.6 Å². The summed E-state index contributed by atoms with van der Waals surface area (Å²) in [4.78, 5) is 26.1. The van der Waals surface area contributed by atoms with Crippen LogP contribution < -0.4 is 10.2 Å². The summed E-state index contributed by atoms with van der Waals surface area (Å²) in [5, 5.41) is 3.24. The minimum atomic E-state index is -0.915. The number of esters is 1. The van der Waals surface area contributed by atoms with E-state index in [9.17, 15) is 9.59 Å². The van der Waals surface area contributed by atoms with Gasteiger partial charge < -0.3 is 15.0 Å². The van der Waals surface area contributed by atoms with Crippen molar-refractivity contribution in [2.75, 3.05) is 24.3 Å². The highest BCUT2D eigenvalue weighted by Gasteiger charge is 2.19. The summed E-state index contributed by atoms with van der Waals surface area (Å²) in [7, 11) is 3.87. The van der Waals surface area contributed by atoms with Crippen molar-refractivity contribution in [3.8, 4) is 0 Å². The van der Waals surface area contributed by atoms with Gasteiger partial charge in [-0.3, -0.25) is 4.79 Å². The maximum atomic E-state index is 12.1. The Hall–Kier alpha value is -2.53. The summed E-state index contributed by atoms with van der Waals surface area (Å²) in [5.74, 6) is -0.966. The molecule has 126 valence electrons. The summed E-state index contributed by atoms with van der Waals surface area (Å²) < 4.78 is 5.17. The molecule has 0 heterocycles. The van der Waals surface area contributed by atoms with E-state index >= 15 is 0 Å². The summed E-state index contributed by atoms with van der Waals surface area (Å²) in [5.41, 5.74) is 2.00. The third-order valence-electron chi connectivity index (χ3n) is 3.38. The molecule has 6 heteroatoms. The van der Waals surface area contributed by atoms with Crippen LogP contribution in [0.2, 0.25) is 5.02 Å². The van der Waals surface area contributed by atoms with Gasteiger partial charge in [-0.05, 0) is 55.5 Å². The lowest BCUT2D eigenvalue weighted by Gasteiger charge is -2.15. The zero-order chi connectivity index (χ0) is 17.7. The molecule has 2 aromatic rings. The van der Waals surface area contributed by atoms with Gasteiger partial charge in [0.15, 0.2) is 6.10 Å². The van der Waals surface area contributed by atoms with Gasteiger partial charge in [0.1, 0.15) is 0 Å². The van der Waals surface area contributed by atoms with Crippen molar-refractivity contribution in [2.24, 2.45) is 0 Å². The molecular formula is C18H19ClN2O3. The van der Waals surface area contributed by atoms with E-state index in [1.54, 1.807) is 36.4 Å². The van der Waals surface area contributed by atoms with Crippen LogP contribution in [0.25, 0.3) is 0 Å². The van der Waals surface area contributed by atoms with Gasteiger partial charge in [-0.25, -0.2) is 4.79 Å². The molecule has 0 saturated heterocycles. The molecule has 0 aromatic heterocycles. The topological polar surface area (TPSA) is 58.6 Å². The minimum Gasteiger partial charge on any atom is -0.449 e. The highest BCUT2D eigenvalue weighted by Crippen LogP contribution is 2.16. The van der Waals surface area contributed by atoms with Crippen LogP contribution in [0, 0.1) is 0 Å². The second kappa shape index (κ2) is 7.84. The van der Waals surface area contributed by atoms with E-state index in [0.29, 0.717) is 16.3 Å². The van der Waals surface area contributed by atoms with Crippen molar-refractivity contribution in [2.45, 2.75) is 13.0 Å². The lowest BCUT2D eigenvalue weighted by molar-refractivity contribution is -0.123. The molecule has 0 spiro atoms. The molecule has 0 saturated carbocycles. The predicted molar refractivity (Wildman–Crippen MR) is 95.7 cm³/mol. The minimum absolute atomic E-state index is 0.342. The summed E-state index contributed by atoms with van der Waals surface area (Å²) in [6, 6.07) is 13.6. The number of carbonyl (C=O) groups excluding carboxylic acids is 2. The quantitative estimate of drug-likeness (QED) is 0.840. The molecule has 24 heavy (non-hydrogen) atoms. The number of nitrogens with one attached hydrogen (secondary N) is 1. The fraction of sp³-hybridized carbons (Fsp3) is 0.222. The van der Waals surface area contributed by atoms with Crippen LogP contribution in [0.4, 0.5) is 11.4 Å². The predicted octanol–water partition coefficient (Wildman–Crippen LogP) is 3.59. The number of amides is 1. The average molecular weight is 347 g/mol. The average Bonchev–Trinajstić information content (AvgIpc) is 2.55. The Balaban J connectivity index is 1.94. The van der Waals surface area contributed by atoms with Crippen molar-refractivity contribution in [3.05, 3.63) is 59.1 Å². The molecule has 0 aliphatic rings. The Labute approximate surface area is 146 Å². The number of ether oxygens (including phenoxy) is 1. The third-order valence-corrected chi connectivity index (χ3v) is 3.64. The molecule has 1 amide bonds. The first-order valence-corrected chi connectivity index (χ1v) is 7.79. The van der Waals surface area contributed by atoms with Crippen molar-refractivity contribution >= 4 is 34.9 Å². The molecule has 2 rings (SSSR count). The van der Waals surface area contributed by atoms with E-state index in [4.69, 9.17) is 16.3 Å². The number of carbonyl (C=O) groups is 2. The van der Waals surface area contributed by atoms with E-state index in [1.165, 1.54) is 6.92 Å². The molecule has 0 fully saturated rings. The van der Waals surface area contributed by atoms with Gasteiger partial charge in [0.25, 0.3) is 5.91 Å². The van der Waals surface area contributed by atoms with Crippen molar-refractivity contribution in [3.63, 3.8) is 0 Å². The molecule has 0 radical (unpaired) electrons. The molecule has 0 bridgehead atoms. The Morgan fingerprint density at radius 1 is 1.04 bits per heavy atom. The smallest absolute Gasteiger partial charge is 0.338 e. The molecular weight excluding hydrogens is 328 g/mol. The molecule has 5 nitrogen and oxygen atoms in total. The van der Waals surface area contributed by atoms with Crippen molar-refractivity contribution in [1.29, 1.82) is 0 Å². The molecule has 1 unspecified atom stereocenters. The van der Waals surface area contributed by atoms with E-state index < -0.39 is 18.0 Å². The van der Waals surface area contributed by atoms with Gasteiger partial charge in [0, 0.05) is 30.5 Å². The largest absolute Gasteiger partial charge is 0.449 e. The van der Waals surface area contributed by atoms with Crippen LogP contribution in [0.15, 0.2) is 48.5 Å². The zero-order valence-electron chi connectivity index (χ0n) is 13.7. The number of anilines is 2. The van der Waals surface area contributed by atoms with Gasteiger partial charge >= 0.3 is 5.97 Å². The maximum Gasteiger partial charge on any atom is 0.338 e. The van der Waals surface area contributed by atoms with Gasteiger partial charge in [0.05, 0.1) is 5.56 Å². The van der Waals surface area contributed by atoms with Gasteiger partial charge in [-0.15, -0.1) is 0 Å². The van der Waals surface area contributed by atoms with Crippen molar-refractivity contribution in [1.82, 2.24) is 0 Å². The Morgan fingerprint density at radius 3 is 2.17 bits per heavy atom. The fourth-order valence-electron chi connectivity index (χ4n) is 1.95. The highest BCUT2D eigenvalue weighted by molar-refractivity contribution is 6.30. The molecule has 0 aliphatic carbocycles. The number of nitrogens with zero attached hydrogens (tertiary/aromatic N) is 1. The standard InChI is InChI=1S/C18H19ClN2O3/c1-12(24-18(23)13-4-6-14(19)7-5-13)17(22)20-15-8-10-16(11-9-15)21(2)3/h4-12H,1-3H3,(H,20,22). The number of halogens is 1. The van der Waals surface area contributed by atoms with Crippen LogP contribution in [-0.4, -0.2) is 32.1 Å². The Morgan fingerprint density at radius 2 is 1.62 bits per heavy atom. The first kappa shape index (κ1) is 17.8. The number of rotatable bonds is 5. The van der Waals surface area contributed by atoms with Crippen LogP contribution in [0.5, 0.6) is 0 Å². The molecule has 1 atom stereocenters.